The van der Waals surface area contributed by atoms with Crippen molar-refractivity contribution in [1.82, 2.24) is 15.1 Å². The number of nitrogens with one attached hydrogen (secondary N) is 1. The van der Waals surface area contributed by atoms with E-state index in [0.717, 1.165) is 12.8 Å². The quantitative estimate of drug-likeness (QED) is 0.892. The van der Waals surface area contributed by atoms with E-state index in [1.165, 1.54) is 22.4 Å². The monoisotopic (exact) mass is 257 g/mol. The van der Waals surface area contributed by atoms with Crippen LogP contribution in [0, 0.1) is 6.92 Å². The first-order chi connectivity index (χ1) is 9.13. The highest BCUT2D eigenvalue weighted by Gasteiger charge is 2.16. The molecule has 0 amide bonds. The molecule has 0 aliphatic heterocycles. The maximum Gasteiger partial charge on any atom is 0.0669 e. The van der Waals surface area contributed by atoms with Gasteiger partial charge in [-0.15, -0.1) is 0 Å². The van der Waals surface area contributed by atoms with Crippen molar-refractivity contribution in [2.45, 2.75) is 32.7 Å². The average molecular weight is 257 g/mol. The number of aryl methyl sites for hydroxylation is 3. The SMILES string of the molecule is CCc1nn(C)cc1C(Cc1cccc(C)c1)NC. The van der Waals surface area contributed by atoms with Crippen LogP contribution in [0.2, 0.25) is 0 Å². The number of rotatable bonds is 5. The fourth-order valence-corrected chi connectivity index (χ4v) is 2.56. The lowest BCUT2D eigenvalue weighted by atomic mass is 9.98. The molecule has 0 fully saturated rings. The van der Waals surface area contributed by atoms with Crippen LogP contribution in [0.5, 0.6) is 0 Å². The molecule has 0 aliphatic carbocycles. The minimum atomic E-state index is 0.324. The Morgan fingerprint density at radius 3 is 2.79 bits per heavy atom. The van der Waals surface area contributed by atoms with Gasteiger partial charge in [0.1, 0.15) is 0 Å². The normalized spacial score (nSPS) is 12.6. The van der Waals surface area contributed by atoms with Crippen molar-refractivity contribution < 1.29 is 0 Å². The lowest BCUT2D eigenvalue weighted by Crippen LogP contribution is -2.19. The molecule has 1 aromatic carbocycles. The van der Waals surface area contributed by atoms with Gasteiger partial charge in [0.2, 0.25) is 0 Å². The first-order valence-corrected chi connectivity index (χ1v) is 6.89. The van der Waals surface area contributed by atoms with Crippen LogP contribution in [0.1, 0.15) is 35.3 Å². The minimum Gasteiger partial charge on any atom is -0.313 e. The first kappa shape index (κ1) is 13.8. The van der Waals surface area contributed by atoms with Gasteiger partial charge in [0.05, 0.1) is 5.69 Å². The molecule has 3 heteroatoms. The number of aromatic nitrogens is 2. The van der Waals surface area contributed by atoms with Gasteiger partial charge in [-0.1, -0.05) is 36.8 Å². The van der Waals surface area contributed by atoms with Gasteiger partial charge >= 0.3 is 0 Å². The summed E-state index contributed by atoms with van der Waals surface area (Å²) in [6, 6.07) is 9.04. The van der Waals surface area contributed by atoms with Crippen LogP contribution in [0.25, 0.3) is 0 Å². The minimum absolute atomic E-state index is 0.324. The summed E-state index contributed by atoms with van der Waals surface area (Å²) in [5.41, 5.74) is 5.18. The summed E-state index contributed by atoms with van der Waals surface area (Å²) in [6.45, 7) is 4.30. The molecule has 2 aromatic rings. The molecule has 0 spiro atoms. The molecular formula is C16H23N3. The van der Waals surface area contributed by atoms with Crippen molar-refractivity contribution in [3.05, 3.63) is 52.8 Å². The Morgan fingerprint density at radius 2 is 2.16 bits per heavy atom. The number of likely N-dealkylation sites (N-methyl/N-ethyl adjacent to an activating group) is 1. The molecular weight excluding hydrogens is 234 g/mol. The van der Waals surface area contributed by atoms with Gasteiger partial charge in [-0.25, -0.2) is 0 Å². The molecule has 1 atom stereocenters. The number of hydrogen-bond acceptors (Lipinski definition) is 2. The summed E-state index contributed by atoms with van der Waals surface area (Å²) in [7, 11) is 4.01. The topological polar surface area (TPSA) is 29.9 Å². The highest BCUT2D eigenvalue weighted by Crippen LogP contribution is 2.22. The van der Waals surface area contributed by atoms with E-state index < -0.39 is 0 Å². The summed E-state index contributed by atoms with van der Waals surface area (Å²) in [4.78, 5) is 0. The van der Waals surface area contributed by atoms with E-state index >= 15 is 0 Å². The van der Waals surface area contributed by atoms with E-state index in [1.54, 1.807) is 0 Å². The predicted molar refractivity (Wildman–Crippen MR) is 79.3 cm³/mol. The lowest BCUT2D eigenvalue weighted by Gasteiger charge is -2.16. The molecule has 19 heavy (non-hydrogen) atoms. The third-order valence-corrected chi connectivity index (χ3v) is 3.52. The van der Waals surface area contributed by atoms with Crippen LogP contribution in [0.3, 0.4) is 0 Å². The molecule has 0 saturated carbocycles. The van der Waals surface area contributed by atoms with Crippen LogP contribution < -0.4 is 5.32 Å². The van der Waals surface area contributed by atoms with Crippen LogP contribution in [-0.4, -0.2) is 16.8 Å². The van der Waals surface area contributed by atoms with E-state index in [1.807, 2.05) is 18.8 Å². The molecule has 1 unspecified atom stereocenters. The predicted octanol–water partition coefficient (Wildman–Crippen LogP) is 2.79. The largest absolute Gasteiger partial charge is 0.313 e. The molecule has 2 rings (SSSR count). The molecule has 1 N–H and O–H groups in total. The van der Waals surface area contributed by atoms with E-state index in [0.29, 0.717) is 6.04 Å². The number of nitrogens with zero attached hydrogens (tertiary/aromatic N) is 2. The molecule has 3 nitrogen and oxygen atoms in total. The Balaban J connectivity index is 2.24. The first-order valence-electron chi connectivity index (χ1n) is 6.89. The van der Waals surface area contributed by atoms with E-state index in [2.05, 4.69) is 54.7 Å². The van der Waals surface area contributed by atoms with E-state index in [9.17, 15) is 0 Å². The van der Waals surface area contributed by atoms with Crippen molar-refractivity contribution in [2.75, 3.05) is 7.05 Å². The maximum atomic E-state index is 4.53. The van der Waals surface area contributed by atoms with Gasteiger partial charge in [-0.2, -0.15) is 5.10 Å². The highest BCUT2D eigenvalue weighted by molar-refractivity contribution is 5.27. The number of hydrogen-bond donors (Lipinski definition) is 1. The van der Waals surface area contributed by atoms with Crippen molar-refractivity contribution >= 4 is 0 Å². The fourth-order valence-electron chi connectivity index (χ4n) is 2.56. The van der Waals surface area contributed by atoms with E-state index in [4.69, 9.17) is 0 Å². The molecule has 0 bridgehead atoms. The van der Waals surface area contributed by atoms with E-state index in [-0.39, 0.29) is 0 Å². The Hall–Kier alpha value is -1.61. The second-order valence-corrected chi connectivity index (χ2v) is 5.09. The Kier molecular flexibility index (Phi) is 4.38. The zero-order valence-electron chi connectivity index (χ0n) is 12.3. The van der Waals surface area contributed by atoms with Crippen LogP contribution in [0.15, 0.2) is 30.5 Å². The van der Waals surface area contributed by atoms with Crippen LogP contribution >= 0.6 is 0 Å². The van der Waals surface area contributed by atoms with Crippen molar-refractivity contribution in [3.63, 3.8) is 0 Å². The summed E-state index contributed by atoms with van der Waals surface area (Å²) in [5, 5.41) is 7.95. The number of benzene rings is 1. The van der Waals surface area contributed by atoms with Crippen LogP contribution in [-0.2, 0) is 19.9 Å². The molecule has 0 radical (unpaired) electrons. The Labute approximate surface area is 115 Å². The van der Waals surface area contributed by atoms with Gasteiger partial charge in [0, 0.05) is 24.8 Å². The average Bonchev–Trinajstić information content (AvgIpc) is 2.77. The van der Waals surface area contributed by atoms with Crippen molar-refractivity contribution in [3.8, 4) is 0 Å². The summed E-state index contributed by atoms with van der Waals surface area (Å²) >= 11 is 0. The van der Waals surface area contributed by atoms with Crippen molar-refractivity contribution in [2.24, 2.45) is 7.05 Å². The second kappa shape index (κ2) is 6.02. The maximum absolute atomic E-state index is 4.53. The summed E-state index contributed by atoms with van der Waals surface area (Å²) in [5.74, 6) is 0. The van der Waals surface area contributed by atoms with Gasteiger partial charge in [0.15, 0.2) is 0 Å². The molecule has 102 valence electrons. The highest BCUT2D eigenvalue weighted by atomic mass is 15.3. The third-order valence-electron chi connectivity index (χ3n) is 3.52. The molecule has 0 aliphatic rings. The van der Waals surface area contributed by atoms with Gasteiger partial charge < -0.3 is 5.32 Å². The summed E-state index contributed by atoms with van der Waals surface area (Å²) < 4.78 is 1.91. The van der Waals surface area contributed by atoms with Gasteiger partial charge in [-0.3, -0.25) is 4.68 Å². The molecule has 1 aromatic heterocycles. The standard InChI is InChI=1S/C16H23N3/c1-5-15-14(11-19(4)18-15)16(17-3)10-13-8-6-7-12(2)9-13/h6-9,11,16-17H,5,10H2,1-4H3. The third kappa shape index (κ3) is 3.24. The molecule has 0 saturated heterocycles. The smallest absolute Gasteiger partial charge is 0.0669 e. The Bertz CT molecular complexity index is 543. The molecule has 1 heterocycles. The van der Waals surface area contributed by atoms with Crippen LogP contribution in [0.4, 0.5) is 0 Å². The van der Waals surface area contributed by atoms with Crippen molar-refractivity contribution in [1.29, 1.82) is 0 Å². The second-order valence-electron chi connectivity index (χ2n) is 5.09. The zero-order valence-corrected chi connectivity index (χ0v) is 12.3. The van der Waals surface area contributed by atoms with Gasteiger partial charge in [0.25, 0.3) is 0 Å². The fraction of sp³-hybridized carbons (Fsp3) is 0.438. The Morgan fingerprint density at radius 1 is 1.37 bits per heavy atom. The lowest BCUT2D eigenvalue weighted by molar-refractivity contribution is 0.586. The van der Waals surface area contributed by atoms with Gasteiger partial charge in [-0.05, 0) is 32.4 Å². The zero-order chi connectivity index (χ0) is 13.8. The summed E-state index contributed by atoms with van der Waals surface area (Å²) in [6.07, 6.45) is 4.11.